The summed E-state index contributed by atoms with van der Waals surface area (Å²) in [6, 6.07) is 3.54. The van der Waals surface area contributed by atoms with Crippen molar-refractivity contribution >= 4 is 11.7 Å². The van der Waals surface area contributed by atoms with Crippen LogP contribution in [0.15, 0.2) is 35.8 Å². The van der Waals surface area contributed by atoms with Gasteiger partial charge in [-0.3, -0.25) is 9.78 Å². The molecule has 0 spiro atoms. The summed E-state index contributed by atoms with van der Waals surface area (Å²) in [5.74, 6) is 0.752. The van der Waals surface area contributed by atoms with E-state index < -0.39 is 0 Å². The molecule has 1 aliphatic heterocycles. The van der Waals surface area contributed by atoms with Crippen LogP contribution >= 0.6 is 0 Å². The average molecular weight is 268 g/mol. The summed E-state index contributed by atoms with van der Waals surface area (Å²) < 4.78 is 1.66. The SMILES string of the molecule is O=C1CCCC2=C1C(c1ccncc1)n1nnnc1N2. The quantitative estimate of drug-likeness (QED) is 0.833. The first-order valence-electron chi connectivity index (χ1n) is 6.55. The van der Waals surface area contributed by atoms with Gasteiger partial charge < -0.3 is 5.32 Å². The molecule has 7 heteroatoms. The number of allylic oxidation sites excluding steroid dienone is 2. The predicted octanol–water partition coefficient (Wildman–Crippen LogP) is 1.09. The predicted molar refractivity (Wildman–Crippen MR) is 69.7 cm³/mol. The zero-order valence-corrected chi connectivity index (χ0v) is 10.7. The number of Topliss-reactive ketones (excluding diaryl/α,β-unsaturated/α-hetero) is 1. The maximum Gasteiger partial charge on any atom is 0.248 e. The topological polar surface area (TPSA) is 85.6 Å². The number of hydrogen-bond acceptors (Lipinski definition) is 6. The third-order valence-electron chi connectivity index (χ3n) is 3.75. The molecule has 1 atom stereocenters. The van der Waals surface area contributed by atoms with Gasteiger partial charge in [-0.05, 0) is 41.0 Å². The standard InChI is InChI=1S/C13H12N6O/c20-10-3-1-2-9-11(10)12(8-4-6-14-7-5-8)19-13(15-9)16-17-18-19/h4-7,12H,1-3H2,(H,15,16,18). The molecule has 2 aromatic rings. The van der Waals surface area contributed by atoms with Crippen molar-refractivity contribution in [3.8, 4) is 0 Å². The smallest absolute Gasteiger partial charge is 0.248 e. The molecule has 1 N–H and O–H groups in total. The molecule has 20 heavy (non-hydrogen) atoms. The number of carbonyl (C=O) groups is 1. The zero-order valence-electron chi connectivity index (χ0n) is 10.7. The molecule has 0 amide bonds. The van der Waals surface area contributed by atoms with Crippen LogP contribution in [-0.4, -0.2) is 31.0 Å². The Labute approximate surface area is 114 Å². The van der Waals surface area contributed by atoms with Gasteiger partial charge in [0, 0.05) is 30.1 Å². The first kappa shape index (κ1) is 11.3. The second kappa shape index (κ2) is 4.22. The van der Waals surface area contributed by atoms with Gasteiger partial charge in [0.25, 0.3) is 0 Å². The molecular formula is C13H12N6O. The summed E-state index contributed by atoms with van der Waals surface area (Å²) in [5, 5.41) is 14.9. The van der Waals surface area contributed by atoms with Crippen molar-refractivity contribution in [3.63, 3.8) is 0 Å². The fourth-order valence-corrected chi connectivity index (χ4v) is 2.87. The Hall–Kier alpha value is -2.57. The minimum atomic E-state index is -0.257. The van der Waals surface area contributed by atoms with Gasteiger partial charge in [-0.2, -0.15) is 4.68 Å². The molecule has 0 saturated heterocycles. The van der Waals surface area contributed by atoms with Gasteiger partial charge in [-0.25, -0.2) is 0 Å². The van der Waals surface area contributed by atoms with Crippen LogP contribution in [0.3, 0.4) is 0 Å². The van der Waals surface area contributed by atoms with Crippen LogP contribution in [0.25, 0.3) is 0 Å². The highest BCUT2D eigenvalue weighted by molar-refractivity contribution is 5.99. The van der Waals surface area contributed by atoms with Crippen molar-refractivity contribution < 1.29 is 4.79 Å². The number of rotatable bonds is 1. The maximum absolute atomic E-state index is 12.3. The third-order valence-corrected chi connectivity index (χ3v) is 3.75. The fourth-order valence-electron chi connectivity index (χ4n) is 2.87. The highest BCUT2D eigenvalue weighted by Crippen LogP contribution is 2.38. The summed E-state index contributed by atoms with van der Waals surface area (Å²) in [4.78, 5) is 16.4. The molecule has 2 aromatic heterocycles. The van der Waals surface area contributed by atoms with E-state index in [4.69, 9.17) is 0 Å². The summed E-state index contributed by atoms with van der Waals surface area (Å²) in [5.41, 5.74) is 2.70. The molecule has 4 rings (SSSR count). The van der Waals surface area contributed by atoms with Gasteiger partial charge in [0.2, 0.25) is 5.95 Å². The molecule has 1 aliphatic carbocycles. The van der Waals surface area contributed by atoms with Crippen molar-refractivity contribution in [2.75, 3.05) is 5.32 Å². The molecule has 100 valence electrons. The Bertz CT molecular complexity index is 705. The zero-order chi connectivity index (χ0) is 13.5. The second-order valence-electron chi connectivity index (χ2n) is 4.92. The average Bonchev–Trinajstić information content (AvgIpc) is 2.94. The molecule has 1 unspecified atom stereocenters. The van der Waals surface area contributed by atoms with Gasteiger partial charge in [0.1, 0.15) is 6.04 Å². The van der Waals surface area contributed by atoms with Gasteiger partial charge in [-0.15, -0.1) is 0 Å². The van der Waals surface area contributed by atoms with Crippen molar-refractivity contribution in [2.45, 2.75) is 25.3 Å². The van der Waals surface area contributed by atoms with Crippen LogP contribution < -0.4 is 5.32 Å². The summed E-state index contributed by atoms with van der Waals surface area (Å²) in [6.07, 6.45) is 5.74. The number of tetrazole rings is 1. The highest BCUT2D eigenvalue weighted by Gasteiger charge is 2.36. The van der Waals surface area contributed by atoms with Crippen molar-refractivity contribution in [1.82, 2.24) is 25.2 Å². The fraction of sp³-hybridized carbons (Fsp3) is 0.308. The van der Waals surface area contributed by atoms with Crippen LogP contribution in [0.2, 0.25) is 0 Å². The van der Waals surface area contributed by atoms with Crippen molar-refractivity contribution in [1.29, 1.82) is 0 Å². The molecule has 0 saturated carbocycles. The monoisotopic (exact) mass is 268 g/mol. The number of nitrogens with one attached hydrogen (secondary N) is 1. The molecule has 7 nitrogen and oxygen atoms in total. The second-order valence-corrected chi connectivity index (χ2v) is 4.92. The number of aromatic nitrogens is 5. The number of hydrogen-bond donors (Lipinski definition) is 1. The maximum atomic E-state index is 12.3. The summed E-state index contributed by atoms with van der Waals surface area (Å²) in [6.45, 7) is 0. The van der Waals surface area contributed by atoms with E-state index in [9.17, 15) is 4.79 Å². The van der Waals surface area contributed by atoms with Crippen molar-refractivity contribution in [3.05, 3.63) is 41.4 Å². The first-order chi connectivity index (χ1) is 9.84. The van der Waals surface area contributed by atoms with E-state index >= 15 is 0 Å². The largest absolute Gasteiger partial charge is 0.326 e. The van der Waals surface area contributed by atoms with Crippen LogP contribution in [0.4, 0.5) is 5.95 Å². The van der Waals surface area contributed by atoms with Crippen LogP contribution in [0.5, 0.6) is 0 Å². The Balaban J connectivity index is 1.93. The molecule has 0 fully saturated rings. The van der Waals surface area contributed by atoms with E-state index in [2.05, 4.69) is 25.8 Å². The van der Waals surface area contributed by atoms with Crippen molar-refractivity contribution in [2.24, 2.45) is 0 Å². The minimum absolute atomic E-state index is 0.168. The lowest BCUT2D eigenvalue weighted by atomic mass is 9.86. The number of nitrogens with zero attached hydrogens (tertiary/aromatic N) is 5. The third kappa shape index (κ3) is 1.56. The number of carbonyl (C=O) groups excluding carboxylic acids is 1. The highest BCUT2D eigenvalue weighted by atomic mass is 16.1. The lowest BCUT2D eigenvalue weighted by Crippen LogP contribution is -2.31. The number of anilines is 1. The van der Waals surface area contributed by atoms with E-state index in [-0.39, 0.29) is 11.8 Å². The molecule has 0 radical (unpaired) electrons. The van der Waals surface area contributed by atoms with Crippen LogP contribution in [-0.2, 0) is 4.79 Å². The molecule has 2 aliphatic rings. The van der Waals surface area contributed by atoms with E-state index in [1.54, 1.807) is 17.1 Å². The van der Waals surface area contributed by atoms with Gasteiger partial charge >= 0.3 is 0 Å². The van der Waals surface area contributed by atoms with Gasteiger partial charge in [0.15, 0.2) is 5.78 Å². The van der Waals surface area contributed by atoms with E-state index in [1.165, 1.54) is 0 Å². The molecule has 0 aromatic carbocycles. The number of pyridine rings is 1. The van der Waals surface area contributed by atoms with E-state index in [1.807, 2.05) is 12.1 Å². The van der Waals surface area contributed by atoms with E-state index in [0.29, 0.717) is 12.4 Å². The van der Waals surface area contributed by atoms with Crippen LogP contribution in [0.1, 0.15) is 30.9 Å². The lowest BCUT2D eigenvalue weighted by Gasteiger charge is -2.31. The first-order valence-corrected chi connectivity index (χ1v) is 6.55. The number of ketones is 1. The minimum Gasteiger partial charge on any atom is -0.326 e. The summed E-state index contributed by atoms with van der Waals surface area (Å²) in [7, 11) is 0. The lowest BCUT2D eigenvalue weighted by molar-refractivity contribution is -0.116. The van der Waals surface area contributed by atoms with E-state index in [0.717, 1.165) is 29.7 Å². The Kier molecular flexibility index (Phi) is 2.38. The molecule has 3 heterocycles. The van der Waals surface area contributed by atoms with Crippen LogP contribution in [0, 0.1) is 0 Å². The van der Waals surface area contributed by atoms with Gasteiger partial charge in [-0.1, -0.05) is 5.10 Å². The Morgan fingerprint density at radius 1 is 1.25 bits per heavy atom. The Morgan fingerprint density at radius 2 is 2.10 bits per heavy atom. The molecular weight excluding hydrogens is 256 g/mol. The number of fused-ring (bicyclic) bond motifs is 1. The molecule has 0 bridgehead atoms. The Morgan fingerprint density at radius 3 is 2.95 bits per heavy atom. The summed E-state index contributed by atoms with van der Waals surface area (Å²) >= 11 is 0. The van der Waals surface area contributed by atoms with Gasteiger partial charge in [0.05, 0.1) is 0 Å². The normalized spacial score (nSPS) is 21.2.